The van der Waals surface area contributed by atoms with Crippen LogP contribution in [0.15, 0.2) is 53.0 Å². The SMILES string of the molecule is Cc1cccc(OCCC(O)Cc2ccccc2Br)c1. The molecule has 0 saturated carbocycles. The molecular weight excluding hydrogens is 316 g/mol. The second kappa shape index (κ2) is 7.46. The van der Waals surface area contributed by atoms with Gasteiger partial charge in [0.1, 0.15) is 5.75 Å². The van der Waals surface area contributed by atoms with Gasteiger partial charge < -0.3 is 9.84 Å². The third-order valence-corrected chi connectivity index (χ3v) is 3.90. The van der Waals surface area contributed by atoms with Crippen molar-refractivity contribution in [2.75, 3.05) is 6.61 Å². The molecule has 2 aromatic carbocycles. The summed E-state index contributed by atoms with van der Waals surface area (Å²) in [6.45, 7) is 2.56. The van der Waals surface area contributed by atoms with Gasteiger partial charge in [-0.2, -0.15) is 0 Å². The Kier molecular flexibility index (Phi) is 5.62. The van der Waals surface area contributed by atoms with Gasteiger partial charge in [0, 0.05) is 10.9 Å². The summed E-state index contributed by atoms with van der Waals surface area (Å²) in [6.07, 6.45) is 0.868. The first-order valence-corrected chi connectivity index (χ1v) is 7.55. The highest BCUT2D eigenvalue weighted by Gasteiger charge is 2.08. The van der Waals surface area contributed by atoms with E-state index in [2.05, 4.69) is 15.9 Å². The molecule has 0 radical (unpaired) electrons. The molecule has 1 atom stereocenters. The van der Waals surface area contributed by atoms with E-state index in [1.54, 1.807) is 0 Å². The summed E-state index contributed by atoms with van der Waals surface area (Å²) in [5, 5.41) is 10.1. The maximum absolute atomic E-state index is 10.1. The number of aliphatic hydroxyl groups excluding tert-OH is 1. The van der Waals surface area contributed by atoms with Crippen LogP contribution < -0.4 is 4.74 Å². The van der Waals surface area contributed by atoms with Crippen LogP contribution in [0.25, 0.3) is 0 Å². The third kappa shape index (κ3) is 4.66. The van der Waals surface area contributed by atoms with E-state index in [0.717, 1.165) is 15.8 Å². The number of rotatable bonds is 6. The van der Waals surface area contributed by atoms with E-state index in [4.69, 9.17) is 4.74 Å². The average molecular weight is 335 g/mol. The standard InChI is InChI=1S/C17H19BrO2/c1-13-5-4-7-16(11-13)20-10-9-15(19)12-14-6-2-3-8-17(14)18/h2-8,11,15,19H,9-10,12H2,1H3. The van der Waals surface area contributed by atoms with Crippen molar-refractivity contribution < 1.29 is 9.84 Å². The van der Waals surface area contributed by atoms with Crippen molar-refractivity contribution in [3.05, 3.63) is 64.1 Å². The summed E-state index contributed by atoms with van der Waals surface area (Å²) in [4.78, 5) is 0. The Morgan fingerprint density at radius 3 is 2.70 bits per heavy atom. The zero-order valence-corrected chi connectivity index (χ0v) is 13.1. The van der Waals surface area contributed by atoms with Gasteiger partial charge in [-0.05, 0) is 42.7 Å². The van der Waals surface area contributed by atoms with E-state index in [-0.39, 0.29) is 0 Å². The van der Waals surface area contributed by atoms with Gasteiger partial charge in [0.25, 0.3) is 0 Å². The molecule has 1 unspecified atom stereocenters. The number of hydrogen-bond acceptors (Lipinski definition) is 2. The summed E-state index contributed by atoms with van der Waals surface area (Å²) < 4.78 is 6.69. The van der Waals surface area contributed by atoms with Gasteiger partial charge in [-0.3, -0.25) is 0 Å². The van der Waals surface area contributed by atoms with E-state index >= 15 is 0 Å². The van der Waals surface area contributed by atoms with Gasteiger partial charge >= 0.3 is 0 Å². The average Bonchev–Trinajstić information content (AvgIpc) is 2.41. The predicted molar refractivity (Wildman–Crippen MR) is 85.1 cm³/mol. The Bertz CT molecular complexity index is 554. The minimum atomic E-state index is -0.390. The molecule has 0 heterocycles. The summed E-state index contributed by atoms with van der Waals surface area (Å²) in [5.74, 6) is 0.859. The van der Waals surface area contributed by atoms with Crippen LogP contribution in [0.4, 0.5) is 0 Å². The van der Waals surface area contributed by atoms with Crippen LogP contribution in [0, 0.1) is 6.92 Å². The lowest BCUT2D eigenvalue weighted by Gasteiger charge is -2.13. The van der Waals surface area contributed by atoms with E-state index < -0.39 is 6.10 Å². The number of hydrogen-bond donors (Lipinski definition) is 1. The molecular formula is C17H19BrO2. The Morgan fingerprint density at radius 1 is 1.15 bits per heavy atom. The first-order valence-electron chi connectivity index (χ1n) is 6.76. The smallest absolute Gasteiger partial charge is 0.119 e. The maximum Gasteiger partial charge on any atom is 0.119 e. The minimum Gasteiger partial charge on any atom is -0.493 e. The predicted octanol–water partition coefficient (Wildman–Crippen LogP) is 4.13. The van der Waals surface area contributed by atoms with Gasteiger partial charge in [0.2, 0.25) is 0 Å². The van der Waals surface area contributed by atoms with Crippen molar-refractivity contribution in [1.82, 2.24) is 0 Å². The fourth-order valence-electron chi connectivity index (χ4n) is 2.04. The molecule has 20 heavy (non-hydrogen) atoms. The molecule has 0 fully saturated rings. The lowest BCUT2D eigenvalue weighted by atomic mass is 10.1. The van der Waals surface area contributed by atoms with Gasteiger partial charge in [0.15, 0.2) is 0 Å². The topological polar surface area (TPSA) is 29.5 Å². The summed E-state index contributed by atoms with van der Waals surface area (Å²) in [5.41, 5.74) is 2.30. The first-order chi connectivity index (χ1) is 9.65. The van der Waals surface area contributed by atoms with Crippen LogP contribution in [0.3, 0.4) is 0 Å². The van der Waals surface area contributed by atoms with Crippen molar-refractivity contribution in [2.45, 2.75) is 25.9 Å². The van der Waals surface area contributed by atoms with E-state index in [9.17, 15) is 5.11 Å². The molecule has 106 valence electrons. The van der Waals surface area contributed by atoms with E-state index in [0.29, 0.717) is 19.4 Å². The largest absolute Gasteiger partial charge is 0.493 e. The van der Waals surface area contributed by atoms with Crippen LogP contribution in [0.5, 0.6) is 5.75 Å². The molecule has 2 nitrogen and oxygen atoms in total. The molecule has 0 amide bonds. The zero-order valence-electron chi connectivity index (χ0n) is 11.6. The molecule has 0 aliphatic rings. The van der Waals surface area contributed by atoms with E-state index in [1.165, 1.54) is 5.56 Å². The number of benzene rings is 2. The Morgan fingerprint density at radius 2 is 1.95 bits per heavy atom. The molecule has 0 aliphatic carbocycles. The Labute approximate surface area is 128 Å². The van der Waals surface area contributed by atoms with Crippen LogP contribution in [0.1, 0.15) is 17.5 Å². The summed E-state index contributed by atoms with van der Waals surface area (Å²) in [6, 6.07) is 15.9. The highest BCUT2D eigenvalue weighted by Crippen LogP contribution is 2.18. The molecule has 1 N–H and O–H groups in total. The number of halogens is 1. The van der Waals surface area contributed by atoms with Crippen LogP contribution in [-0.4, -0.2) is 17.8 Å². The molecule has 3 heteroatoms. The third-order valence-electron chi connectivity index (χ3n) is 3.12. The fraction of sp³-hybridized carbons (Fsp3) is 0.294. The van der Waals surface area contributed by atoms with Crippen LogP contribution >= 0.6 is 15.9 Å². The van der Waals surface area contributed by atoms with Crippen molar-refractivity contribution in [3.8, 4) is 5.75 Å². The first kappa shape index (κ1) is 15.1. The molecule has 0 aliphatic heterocycles. The quantitative estimate of drug-likeness (QED) is 0.860. The lowest BCUT2D eigenvalue weighted by Crippen LogP contribution is -2.15. The molecule has 2 rings (SSSR count). The number of ether oxygens (including phenoxy) is 1. The second-order valence-corrected chi connectivity index (χ2v) is 5.76. The Hall–Kier alpha value is -1.32. The highest BCUT2D eigenvalue weighted by atomic mass is 79.9. The summed E-state index contributed by atoms with van der Waals surface area (Å²) >= 11 is 3.50. The van der Waals surface area contributed by atoms with Gasteiger partial charge in [-0.1, -0.05) is 46.3 Å². The second-order valence-electron chi connectivity index (χ2n) is 4.90. The zero-order chi connectivity index (χ0) is 14.4. The fourth-order valence-corrected chi connectivity index (χ4v) is 2.48. The monoisotopic (exact) mass is 334 g/mol. The number of aryl methyl sites for hydroxylation is 1. The Balaban J connectivity index is 1.78. The van der Waals surface area contributed by atoms with Crippen molar-refractivity contribution in [3.63, 3.8) is 0 Å². The van der Waals surface area contributed by atoms with Crippen molar-refractivity contribution in [1.29, 1.82) is 0 Å². The van der Waals surface area contributed by atoms with Gasteiger partial charge in [-0.25, -0.2) is 0 Å². The van der Waals surface area contributed by atoms with Crippen LogP contribution in [-0.2, 0) is 6.42 Å². The molecule has 0 saturated heterocycles. The van der Waals surface area contributed by atoms with Gasteiger partial charge in [-0.15, -0.1) is 0 Å². The maximum atomic E-state index is 10.1. The highest BCUT2D eigenvalue weighted by molar-refractivity contribution is 9.10. The van der Waals surface area contributed by atoms with E-state index in [1.807, 2.05) is 55.5 Å². The number of aliphatic hydroxyl groups is 1. The van der Waals surface area contributed by atoms with Crippen molar-refractivity contribution >= 4 is 15.9 Å². The molecule has 0 bridgehead atoms. The molecule has 2 aromatic rings. The van der Waals surface area contributed by atoms with Crippen molar-refractivity contribution in [2.24, 2.45) is 0 Å². The van der Waals surface area contributed by atoms with Gasteiger partial charge in [0.05, 0.1) is 12.7 Å². The summed E-state index contributed by atoms with van der Waals surface area (Å²) in [7, 11) is 0. The molecule has 0 aromatic heterocycles. The minimum absolute atomic E-state index is 0.390. The van der Waals surface area contributed by atoms with Crippen LogP contribution in [0.2, 0.25) is 0 Å². The normalized spacial score (nSPS) is 12.2. The molecule has 0 spiro atoms. The lowest BCUT2D eigenvalue weighted by molar-refractivity contribution is 0.139.